The molecule has 4 aliphatic carbocycles. The second kappa shape index (κ2) is 10.3. The molecule has 1 aliphatic heterocycles. The zero-order valence-corrected chi connectivity index (χ0v) is 23.8. The van der Waals surface area contributed by atoms with E-state index in [1.54, 1.807) is 0 Å². The van der Waals surface area contributed by atoms with Crippen molar-refractivity contribution in [2.45, 2.75) is 127 Å². The summed E-state index contributed by atoms with van der Waals surface area (Å²) in [6.45, 7) is 4.74. The van der Waals surface area contributed by atoms with E-state index in [9.17, 15) is 19.5 Å². The van der Waals surface area contributed by atoms with E-state index in [1.165, 1.54) is 12.3 Å². The van der Waals surface area contributed by atoms with Crippen LogP contribution in [0.1, 0.15) is 109 Å². The van der Waals surface area contributed by atoms with Gasteiger partial charge < -0.3 is 24.1 Å². The van der Waals surface area contributed by atoms with Crippen molar-refractivity contribution < 1.29 is 33.7 Å². The molecule has 40 heavy (non-hydrogen) atoms. The SMILES string of the molecule is C[C@]12CC[C@H](OC(=O)CCCCCCC(=O)O)C[C@H]1CC[C@@H]1[C@@H]2CC[C@]2(C)[C@@H](c3ccc(=O)oc3)[C@@H](O)[C@H]3O[C@]132. The molecule has 5 fully saturated rings. The first kappa shape index (κ1) is 28.0. The number of carboxylic acids is 1. The van der Waals surface area contributed by atoms with E-state index in [1.807, 2.05) is 6.07 Å². The van der Waals surface area contributed by atoms with Gasteiger partial charge in [-0.3, -0.25) is 9.59 Å². The monoisotopic (exact) mass is 556 g/mol. The Kier molecular flexibility index (Phi) is 7.17. The van der Waals surface area contributed by atoms with Crippen LogP contribution in [0.2, 0.25) is 0 Å². The van der Waals surface area contributed by atoms with Crippen LogP contribution in [0.4, 0.5) is 0 Å². The first-order valence-electron chi connectivity index (χ1n) is 15.5. The van der Waals surface area contributed by atoms with Crippen molar-refractivity contribution in [3.8, 4) is 0 Å². The number of unbranched alkanes of at least 4 members (excludes halogenated alkanes) is 3. The first-order chi connectivity index (χ1) is 19.1. The molecule has 1 aromatic rings. The number of carboxylic acid groups (broad SMARTS) is 1. The van der Waals surface area contributed by atoms with Crippen molar-refractivity contribution in [1.82, 2.24) is 0 Å². The predicted octanol–water partition coefficient (Wildman–Crippen LogP) is 5.21. The van der Waals surface area contributed by atoms with Gasteiger partial charge in [0.1, 0.15) is 17.8 Å². The first-order valence-corrected chi connectivity index (χ1v) is 15.5. The number of aliphatic hydroxyl groups excluding tert-OH is 1. The van der Waals surface area contributed by atoms with Crippen LogP contribution in [0.3, 0.4) is 0 Å². The van der Waals surface area contributed by atoms with E-state index in [0.717, 1.165) is 69.8 Å². The third-order valence-corrected chi connectivity index (χ3v) is 12.0. The van der Waals surface area contributed by atoms with Crippen molar-refractivity contribution in [3.63, 3.8) is 0 Å². The van der Waals surface area contributed by atoms with E-state index >= 15 is 0 Å². The van der Waals surface area contributed by atoms with E-state index in [-0.39, 0.29) is 52.6 Å². The molecule has 1 saturated heterocycles. The van der Waals surface area contributed by atoms with Gasteiger partial charge in [-0.2, -0.15) is 0 Å². The molecule has 0 radical (unpaired) electrons. The molecule has 6 rings (SSSR count). The van der Waals surface area contributed by atoms with Crippen LogP contribution in [0, 0.1) is 28.6 Å². The molecule has 4 saturated carbocycles. The highest BCUT2D eigenvalue weighted by molar-refractivity contribution is 5.69. The quantitative estimate of drug-likeness (QED) is 0.241. The lowest BCUT2D eigenvalue weighted by Gasteiger charge is -2.61. The van der Waals surface area contributed by atoms with Crippen LogP contribution in [-0.2, 0) is 19.1 Å². The molecular formula is C32H44O8. The van der Waals surface area contributed by atoms with Crippen molar-refractivity contribution in [2.24, 2.45) is 28.6 Å². The standard InChI is InChI=1S/C32H44O8/c1-30-15-13-21(39-26(36)8-6-4-3-5-7-24(33)34)17-20(30)10-11-23-22(30)14-16-31(2)27(19-9-12-25(35)38-18-19)28(37)29-32(23,31)40-29/h9,12,18,20-23,27-29,37H,3-8,10-11,13-17H2,1-2H3,(H,33,34)/t20-,21+,22+,23-,27+,28-,29-,30+,31-,32-/m1/s1. The molecule has 0 bridgehead atoms. The molecule has 0 unspecified atom stereocenters. The van der Waals surface area contributed by atoms with E-state index in [4.69, 9.17) is 19.0 Å². The normalized spacial score (nSPS) is 43.1. The number of hydrogen-bond acceptors (Lipinski definition) is 7. The molecule has 1 aromatic heterocycles. The van der Waals surface area contributed by atoms with Gasteiger partial charge in [0.2, 0.25) is 0 Å². The van der Waals surface area contributed by atoms with Gasteiger partial charge in [-0.05, 0) is 92.6 Å². The van der Waals surface area contributed by atoms with Gasteiger partial charge in [0, 0.05) is 30.2 Å². The van der Waals surface area contributed by atoms with Crippen LogP contribution in [-0.4, -0.2) is 46.1 Å². The number of aliphatic carboxylic acids is 1. The number of fused-ring (bicyclic) bond motifs is 3. The molecule has 5 aliphatic rings. The molecule has 8 heteroatoms. The highest BCUT2D eigenvalue weighted by atomic mass is 16.6. The van der Waals surface area contributed by atoms with Crippen molar-refractivity contribution in [3.05, 3.63) is 34.4 Å². The molecular weight excluding hydrogens is 512 g/mol. The Hall–Kier alpha value is -2.19. The highest BCUT2D eigenvalue weighted by Gasteiger charge is 2.83. The second-order valence-corrected chi connectivity index (χ2v) is 13.8. The number of ether oxygens (including phenoxy) is 2. The topological polar surface area (TPSA) is 127 Å². The van der Waals surface area contributed by atoms with Crippen LogP contribution in [0.15, 0.2) is 27.6 Å². The minimum Gasteiger partial charge on any atom is -0.481 e. The van der Waals surface area contributed by atoms with Gasteiger partial charge in [-0.15, -0.1) is 0 Å². The zero-order valence-electron chi connectivity index (χ0n) is 23.8. The average molecular weight is 557 g/mol. The number of hydrogen-bond donors (Lipinski definition) is 2. The van der Waals surface area contributed by atoms with Gasteiger partial charge in [0.05, 0.1) is 12.4 Å². The lowest BCUT2D eigenvalue weighted by atomic mass is 9.44. The average Bonchev–Trinajstić information content (AvgIpc) is 3.63. The molecule has 220 valence electrons. The number of esters is 1. The van der Waals surface area contributed by atoms with Crippen molar-refractivity contribution >= 4 is 11.9 Å². The number of carbonyl (C=O) groups is 2. The lowest BCUT2D eigenvalue weighted by Crippen LogP contribution is -2.58. The second-order valence-electron chi connectivity index (χ2n) is 13.8. The molecule has 1 spiro atoms. The Morgan fingerprint density at radius 2 is 1.77 bits per heavy atom. The summed E-state index contributed by atoms with van der Waals surface area (Å²) in [7, 11) is 0. The fourth-order valence-electron chi connectivity index (χ4n) is 10.0. The molecule has 0 aromatic carbocycles. The van der Waals surface area contributed by atoms with Gasteiger partial charge >= 0.3 is 17.6 Å². The third-order valence-electron chi connectivity index (χ3n) is 12.0. The Bertz CT molecular complexity index is 1170. The Labute approximate surface area is 235 Å². The summed E-state index contributed by atoms with van der Waals surface area (Å²) < 4.78 is 17.7. The predicted molar refractivity (Wildman–Crippen MR) is 146 cm³/mol. The van der Waals surface area contributed by atoms with Gasteiger partial charge in [-0.25, -0.2) is 4.79 Å². The smallest absolute Gasteiger partial charge is 0.335 e. The number of aliphatic hydroxyl groups is 1. The number of epoxide rings is 1. The number of rotatable bonds is 9. The largest absolute Gasteiger partial charge is 0.481 e. The summed E-state index contributed by atoms with van der Waals surface area (Å²) in [4.78, 5) is 34.8. The maximum atomic E-state index is 12.5. The summed E-state index contributed by atoms with van der Waals surface area (Å²) in [5.74, 6) is 0.441. The Morgan fingerprint density at radius 3 is 2.50 bits per heavy atom. The van der Waals surface area contributed by atoms with E-state index in [2.05, 4.69) is 13.8 Å². The van der Waals surface area contributed by atoms with Crippen molar-refractivity contribution in [2.75, 3.05) is 0 Å². The van der Waals surface area contributed by atoms with Gasteiger partial charge in [-0.1, -0.05) is 26.7 Å². The fourth-order valence-corrected chi connectivity index (χ4v) is 10.0. The van der Waals surface area contributed by atoms with Crippen LogP contribution in [0.5, 0.6) is 0 Å². The summed E-state index contributed by atoms with van der Waals surface area (Å²) in [5.41, 5.74) is 0.164. The zero-order chi connectivity index (χ0) is 28.3. The Morgan fingerprint density at radius 1 is 1.00 bits per heavy atom. The van der Waals surface area contributed by atoms with E-state index in [0.29, 0.717) is 30.6 Å². The maximum absolute atomic E-state index is 12.5. The number of carbonyl (C=O) groups excluding carboxylic acids is 1. The third kappa shape index (κ3) is 4.36. The van der Waals surface area contributed by atoms with Gasteiger partial charge in [0.15, 0.2) is 0 Å². The minimum atomic E-state index is -0.766. The van der Waals surface area contributed by atoms with Gasteiger partial charge in [0.25, 0.3) is 0 Å². The highest BCUT2D eigenvalue weighted by Crippen LogP contribution is 2.77. The van der Waals surface area contributed by atoms with Crippen LogP contribution >= 0.6 is 0 Å². The van der Waals surface area contributed by atoms with Crippen LogP contribution < -0.4 is 5.63 Å². The lowest BCUT2D eigenvalue weighted by molar-refractivity contribution is -0.165. The fraction of sp³-hybridized carbons (Fsp3) is 0.781. The molecule has 2 heterocycles. The molecule has 0 amide bonds. The van der Waals surface area contributed by atoms with Crippen LogP contribution in [0.25, 0.3) is 0 Å². The summed E-state index contributed by atoms with van der Waals surface area (Å²) >= 11 is 0. The minimum absolute atomic E-state index is 0.0171. The summed E-state index contributed by atoms with van der Waals surface area (Å²) in [5, 5.41) is 20.2. The molecule has 2 N–H and O–H groups in total. The summed E-state index contributed by atoms with van der Waals surface area (Å²) in [6, 6.07) is 3.27. The van der Waals surface area contributed by atoms with Crippen molar-refractivity contribution in [1.29, 1.82) is 0 Å². The molecule has 10 atom stereocenters. The Balaban J connectivity index is 1.08. The van der Waals surface area contributed by atoms with E-state index < -0.39 is 12.1 Å². The maximum Gasteiger partial charge on any atom is 0.335 e. The summed E-state index contributed by atoms with van der Waals surface area (Å²) in [6.07, 6.45) is 11.5. The molecule has 8 nitrogen and oxygen atoms in total.